The predicted octanol–water partition coefficient (Wildman–Crippen LogP) is 5.48. The third kappa shape index (κ3) is 4.20. The van der Waals surface area contributed by atoms with Crippen LogP contribution < -0.4 is 4.74 Å². The lowest BCUT2D eigenvalue weighted by atomic mass is 10.1. The standard InChI is InChI=1S/C24H26N4O2S/c1-2-29-18-12-10-17(11-13-18)28-23(21-15-25-22-9-4-3-8-20(21)22)26-27-24(28)31-16-19-7-5-6-14-30-19/h3-4,8-13,15,19,25H,2,5-7,14,16H2,1H3. The largest absolute Gasteiger partial charge is 0.494 e. The molecule has 1 fully saturated rings. The number of H-pyrrole nitrogens is 1. The second-order valence-corrected chi connectivity index (χ2v) is 8.60. The van der Waals surface area contributed by atoms with Gasteiger partial charge in [0.25, 0.3) is 0 Å². The third-order valence-electron chi connectivity index (χ3n) is 5.54. The molecule has 0 bridgehead atoms. The maximum absolute atomic E-state index is 5.92. The molecule has 3 heterocycles. The molecule has 0 spiro atoms. The molecule has 2 aromatic carbocycles. The number of fused-ring (bicyclic) bond motifs is 1. The van der Waals surface area contributed by atoms with Crippen molar-refractivity contribution < 1.29 is 9.47 Å². The molecule has 0 saturated carbocycles. The summed E-state index contributed by atoms with van der Waals surface area (Å²) in [6.45, 7) is 3.50. The summed E-state index contributed by atoms with van der Waals surface area (Å²) in [6, 6.07) is 16.4. The Morgan fingerprint density at radius 2 is 2.00 bits per heavy atom. The summed E-state index contributed by atoms with van der Waals surface area (Å²) in [5.74, 6) is 2.56. The van der Waals surface area contributed by atoms with Crippen molar-refractivity contribution in [2.75, 3.05) is 19.0 Å². The van der Waals surface area contributed by atoms with Crippen LogP contribution in [-0.2, 0) is 4.74 Å². The van der Waals surface area contributed by atoms with Crippen LogP contribution in [0.1, 0.15) is 26.2 Å². The number of nitrogens with zero attached hydrogens (tertiary/aromatic N) is 3. The van der Waals surface area contributed by atoms with Gasteiger partial charge in [-0.25, -0.2) is 0 Å². The van der Waals surface area contributed by atoms with Gasteiger partial charge in [0.1, 0.15) is 5.75 Å². The minimum absolute atomic E-state index is 0.278. The lowest BCUT2D eigenvalue weighted by Crippen LogP contribution is -2.21. The molecule has 0 amide bonds. The molecule has 7 heteroatoms. The fourth-order valence-corrected chi connectivity index (χ4v) is 5.01. The van der Waals surface area contributed by atoms with Gasteiger partial charge in [0, 0.05) is 40.7 Å². The van der Waals surface area contributed by atoms with Crippen LogP contribution >= 0.6 is 11.8 Å². The lowest BCUT2D eigenvalue weighted by Gasteiger charge is -2.22. The van der Waals surface area contributed by atoms with Gasteiger partial charge in [-0.05, 0) is 56.5 Å². The van der Waals surface area contributed by atoms with Gasteiger partial charge in [0.15, 0.2) is 11.0 Å². The first kappa shape index (κ1) is 20.2. The van der Waals surface area contributed by atoms with E-state index in [1.54, 1.807) is 11.8 Å². The number of hydrogen-bond acceptors (Lipinski definition) is 5. The molecular formula is C24H26N4O2S. The summed E-state index contributed by atoms with van der Waals surface area (Å²) in [6.07, 6.45) is 5.80. The highest BCUT2D eigenvalue weighted by Crippen LogP contribution is 2.33. The molecular weight excluding hydrogens is 408 g/mol. The van der Waals surface area contributed by atoms with E-state index in [2.05, 4.69) is 44.0 Å². The molecule has 0 radical (unpaired) electrons. The van der Waals surface area contributed by atoms with Crippen molar-refractivity contribution in [3.8, 4) is 22.8 Å². The monoisotopic (exact) mass is 434 g/mol. The van der Waals surface area contributed by atoms with Crippen molar-refractivity contribution in [2.45, 2.75) is 37.4 Å². The van der Waals surface area contributed by atoms with Crippen LogP contribution in [0.5, 0.6) is 5.75 Å². The molecule has 31 heavy (non-hydrogen) atoms. The van der Waals surface area contributed by atoms with Gasteiger partial charge in [-0.2, -0.15) is 0 Å². The van der Waals surface area contributed by atoms with Gasteiger partial charge in [0.05, 0.1) is 12.7 Å². The topological polar surface area (TPSA) is 65.0 Å². The van der Waals surface area contributed by atoms with Crippen LogP contribution in [-0.4, -0.2) is 44.8 Å². The van der Waals surface area contributed by atoms with Crippen molar-refractivity contribution in [3.63, 3.8) is 0 Å². The zero-order chi connectivity index (χ0) is 21.0. The van der Waals surface area contributed by atoms with E-state index in [4.69, 9.17) is 9.47 Å². The average Bonchev–Trinajstić information content (AvgIpc) is 3.43. The van der Waals surface area contributed by atoms with E-state index in [1.165, 1.54) is 6.42 Å². The maximum atomic E-state index is 5.92. The SMILES string of the molecule is CCOc1ccc(-n2c(SCC3CCCCO3)nnc2-c2c[nH]c3ccccc23)cc1. The first-order valence-corrected chi connectivity index (χ1v) is 11.8. The highest BCUT2D eigenvalue weighted by atomic mass is 32.2. The molecule has 1 saturated heterocycles. The summed E-state index contributed by atoms with van der Waals surface area (Å²) in [5.41, 5.74) is 3.14. The average molecular weight is 435 g/mol. The van der Waals surface area contributed by atoms with Crippen LogP contribution in [0.2, 0.25) is 0 Å². The summed E-state index contributed by atoms with van der Waals surface area (Å²) in [7, 11) is 0. The molecule has 5 rings (SSSR count). The van der Waals surface area contributed by atoms with Crippen molar-refractivity contribution >= 4 is 22.7 Å². The van der Waals surface area contributed by atoms with Crippen LogP contribution in [0.25, 0.3) is 28.0 Å². The molecule has 160 valence electrons. The zero-order valence-corrected chi connectivity index (χ0v) is 18.4. The summed E-state index contributed by atoms with van der Waals surface area (Å²) < 4.78 is 13.7. The van der Waals surface area contributed by atoms with Gasteiger partial charge in [-0.3, -0.25) is 4.57 Å². The normalized spacial score (nSPS) is 16.6. The van der Waals surface area contributed by atoms with Gasteiger partial charge in [-0.1, -0.05) is 30.0 Å². The minimum atomic E-state index is 0.278. The highest BCUT2D eigenvalue weighted by Gasteiger charge is 2.21. The summed E-state index contributed by atoms with van der Waals surface area (Å²) in [5, 5.41) is 11.2. The minimum Gasteiger partial charge on any atom is -0.494 e. The van der Waals surface area contributed by atoms with E-state index in [9.17, 15) is 0 Å². The van der Waals surface area contributed by atoms with Gasteiger partial charge in [0.2, 0.25) is 0 Å². The molecule has 0 aliphatic carbocycles. The van der Waals surface area contributed by atoms with Gasteiger partial charge in [-0.15, -0.1) is 10.2 Å². The van der Waals surface area contributed by atoms with E-state index in [0.29, 0.717) is 6.61 Å². The fourth-order valence-electron chi connectivity index (χ4n) is 3.99. The Bertz CT molecular complexity index is 1150. The molecule has 1 unspecified atom stereocenters. The number of para-hydroxylation sites is 1. The molecule has 1 N–H and O–H groups in total. The number of ether oxygens (including phenoxy) is 2. The number of aromatic amines is 1. The molecule has 2 aromatic heterocycles. The molecule has 1 aliphatic heterocycles. The summed E-state index contributed by atoms with van der Waals surface area (Å²) >= 11 is 1.71. The second kappa shape index (κ2) is 9.16. The van der Waals surface area contributed by atoms with Crippen LogP contribution in [0.3, 0.4) is 0 Å². The first-order chi connectivity index (χ1) is 15.3. The number of benzene rings is 2. The summed E-state index contributed by atoms with van der Waals surface area (Å²) in [4.78, 5) is 3.36. The quantitative estimate of drug-likeness (QED) is 0.391. The van der Waals surface area contributed by atoms with E-state index >= 15 is 0 Å². The first-order valence-electron chi connectivity index (χ1n) is 10.8. The number of hydrogen-bond donors (Lipinski definition) is 1. The highest BCUT2D eigenvalue weighted by molar-refractivity contribution is 7.99. The lowest BCUT2D eigenvalue weighted by molar-refractivity contribution is 0.0315. The van der Waals surface area contributed by atoms with Crippen molar-refractivity contribution in [1.29, 1.82) is 0 Å². The number of nitrogens with one attached hydrogen (secondary N) is 1. The van der Waals surface area contributed by atoms with E-state index in [0.717, 1.165) is 64.1 Å². The van der Waals surface area contributed by atoms with Gasteiger partial charge < -0.3 is 14.5 Å². The van der Waals surface area contributed by atoms with Crippen LogP contribution in [0.15, 0.2) is 59.9 Å². The predicted molar refractivity (Wildman–Crippen MR) is 124 cm³/mol. The van der Waals surface area contributed by atoms with Crippen molar-refractivity contribution in [1.82, 2.24) is 19.7 Å². The van der Waals surface area contributed by atoms with Crippen LogP contribution in [0.4, 0.5) is 0 Å². The van der Waals surface area contributed by atoms with Gasteiger partial charge >= 0.3 is 0 Å². The Labute approximate surface area is 186 Å². The third-order valence-corrected chi connectivity index (χ3v) is 6.60. The molecule has 1 atom stereocenters. The number of rotatable bonds is 7. The Hall–Kier alpha value is -2.77. The van der Waals surface area contributed by atoms with E-state index in [-0.39, 0.29) is 6.10 Å². The fraction of sp³-hybridized carbons (Fsp3) is 0.333. The van der Waals surface area contributed by atoms with E-state index in [1.807, 2.05) is 37.4 Å². The molecule has 1 aliphatic rings. The Balaban J connectivity index is 1.53. The van der Waals surface area contributed by atoms with E-state index < -0.39 is 0 Å². The Morgan fingerprint density at radius 3 is 2.81 bits per heavy atom. The smallest absolute Gasteiger partial charge is 0.196 e. The second-order valence-electron chi connectivity index (χ2n) is 7.62. The van der Waals surface area contributed by atoms with Crippen LogP contribution in [0, 0.1) is 0 Å². The number of thioether (sulfide) groups is 1. The molecule has 6 nitrogen and oxygen atoms in total. The van der Waals surface area contributed by atoms with Crippen molar-refractivity contribution in [2.24, 2.45) is 0 Å². The molecule has 4 aromatic rings. The Kier molecular flexibility index (Phi) is 5.95. The number of aromatic nitrogens is 4. The Morgan fingerprint density at radius 1 is 1.13 bits per heavy atom. The van der Waals surface area contributed by atoms with Crippen molar-refractivity contribution in [3.05, 3.63) is 54.7 Å². The zero-order valence-electron chi connectivity index (χ0n) is 17.6. The maximum Gasteiger partial charge on any atom is 0.196 e.